The largest absolute Gasteiger partial charge is 0.365 e. The Hall–Kier alpha value is -2.35. The van der Waals surface area contributed by atoms with Crippen molar-refractivity contribution in [2.75, 3.05) is 29.9 Å². The number of fused-ring (bicyclic) bond motifs is 1. The Bertz CT molecular complexity index is 897. The van der Waals surface area contributed by atoms with Crippen molar-refractivity contribution in [1.82, 2.24) is 15.3 Å². The van der Waals surface area contributed by atoms with E-state index in [2.05, 4.69) is 29.4 Å². The fourth-order valence-corrected chi connectivity index (χ4v) is 4.22. The zero-order valence-electron chi connectivity index (χ0n) is 17.4. The van der Waals surface area contributed by atoms with E-state index >= 15 is 0 Å². The summed E-state index contributed by atoms with van der Waals surface area (Å²) in [7, 11) is 0. The van der Waals surface area contributed by atoms with E-state index in [9.17, 15) is 13.2 Å². The van der Waals surface area contributed by atoms with Gasteiger partial charge in [0.05, 0.1) is 11.4 Å². The molecular formula is C22H28F3N5. The zero-order valence-corrected chi connectivity index (χ0v) is 17.4. The topological polar surface area (TPSA) is 53.1 Å². The maximum atomic E-state index is 15.0. The van der Waals surface area contributed by atoms with Gasteiger partial charge in [0.1, 0.15) is 17.8 Å². The summed E-state index contributed by atoms with van der Waals surface area (Å²) in [6.45, 7) is 6.94. The van der Waals surface area contributed by atoms with Crippen LogP contribution in [0.5, 0.6) is 0 Å². The minimum absolute atomic E-state index is 0.0573. The molecule has 8 heteroatoms. The Morgan fingerprint density at radius 2 is 1.90 bits per heavy atom. The summed E-state index contributed by atoms with van der Waals surface area (Å²) in [4.78, 5) is 11.9. The first kappa shape index (κ1) is 20.9. The molecule has 1 aromatic heterocycles. The molecule has 0 bridgehead atoms. The lowest BCUT2D eigenvalue weighted by molar-refractivity contribution is 0.193. The third-order valence-electron chi connectivity index (χ3n) is 5.80. The molecule has 2 N–H and O–H groups in total. The van der Waals surface area contributed by atoms with Gasteiger partial charge in [-0.05, 0) is 38.7 Å². The summed E-state index contributed by atoms with van der Waals surface area (Å²) in [5.74, 6) is -0.247. The van der Waals surface area contributed by atoms with Crippen LogP contribution in [-0.2, 0) is 13.0 Å². The van der Waals surface area contributed by atoms with Gasteiger partial charge in [-0.15, -0.1) is 0 Å². The molecule has 30 heavy (non-hydrogen) atoms. The highest BCUT2D eigenvalue weighted by atomic mass is 19.1. The fraction of sp³-hybridized carbons (Fsp3) is 0.545. The third kappa shape index (κ3) is 4.38. The first-order chi connectivity index (χ1) is 14.4. The van der Waals surface area contributed by atoms with Crippen LogP contribution in [0.2, 0.25) is 0 Å². The van der Waals surface area contributed by atoms with Crippen molar-refractivity contribution in [1.29, 1.82) is 0 Å². The molecule has 1 saturated heterocycles. The maximum absolute atomic E-state index is 15.0. The number of hydrogen-bond acceptors (Lipinski definition) is 5. The van der Waals surface area contributed by atoms with Crippen LogP contribution in [0.1, 0.15) is 49.8 Å². The van der Waals surface area contributed by atoms with E-state index < -0.39 is 17.8 Å². The fourth-order valence-electron chi connectivity index (χ4n) is 4.22. The summed E-state index contributed by atoms with van der Waals surface area (Å²) >= 11 is 0. The van der Waals surface area contributed by atoms with Gasteiger partial charge in [0.15, 0.2) is 11.6 Å². The van der Waals surface area contributed by atoms with Gasteiger partial charge in [-0.1, -0.05) is 6.07 Å². The summed E-state index contributed by atoms with van der Waals surface area (Å²) in [6.07, 6.45) is 0.532. The number of anilines is 2. The number of nitrogens with zero attached hydrogens (tertiary/aromatic N) is 3. The van der Waals surface area contributed by atoms with Crippen LogP contribution in [0, 0.1) is 17.6 Å². The number of aromatic nitrogens is 2. The highest BCUT2D eigenvalue weighted by molar-refractivity contribution is 5.62. The Morgan fingerprint density at radius 1 is 1.13 bits per heavy atom. The van der Waals surface area contributed by atoms with Crippen molar-refractivity contribution in [3.63, 3.8) is 0 Å². The maximum Gasteiger partial charge on any atom is 0.172 e. The van der Waals surface area contributed by atoms with Crippen molar-refractivity contribution >= 4 is 11.6 Å². The molecule has 0 aliphatic carbocycles. The third-order valence-corrected chi connectivity index (χ3v) is 5.80. The van der Waals surface area contributed by atoms with Crippen LogP contribution < -0.4 is 15.5 Å². The van der Waals surface area contributed by atoms with Crippen molar-refractivity contribution < 1.29 is 13.2 Å². The molecule has 162 valence electrons. The van der Waals surface area contributed by atoms with E-state index in [-0.39, 0.29) is 17.5 Å². The van der Waals surface area contributed by atoms with E-state index in [0.29, 0.717) is 32.5 Å². The SMILES string of the molecule is CC(C)Nc1nc2c(nc1N1CCC(C(F)c3ccc(F)cc3F)CC1)CCNC2. The van der Waals surface area contributed by atoms with E-state index in [0.717, 1.165) is 48.1 Å². The molecule has 0 spiro atoms. The molecule has 0 radical (unpaired) electrons. The van der Waals surface area contributed by atoms with Gasteiger partial charge < -0.3 is 15.5 Å². The van der Waals surface area contributed by atoms with Gasteiger partial charge in [-0.3, -0.25) is 0 Å². The van der Waals surface area contributed by atoms with E-state index in [1.807, 2.05) is 0 Å². The molecule has 1 unspecified atom stereocenters. The summed E-state index contributed by atoms with van der Waals surface area (Å²) in [6, 6.07) is 3.29. The predicted molar refractivity (Wildman–Crippen MR) is 111 cm³/mol. The number of benzene rings is 1. The van der Waals surface area contributed by atoms with E-state index in [1.165, 1.54) is 6.07 Å². The predicted octanol–water partition coefficient (Wildman–Crippen LogP) is 4.15. The smallest absolute Gasteiger partial charge is 0.172 e. The van der Waals surface area contributed by atoms with Crippen molar-refractivity contribution in [2.45, 2.75) is 51.9 Å². The second-order valence-electron chi connectivity index (χ2n) is 8.41. The molecular weight excluding hydrogens is 391 g/mol. The van der Waals surface area contributed by atoms with Gasteiger partial charge in [0.2, 0.25) is 0 Å². The first-order valence-corrected chi connectivity index (χ1v) is 10.6. The zero-order chi connectivity index (χ0) is 21.3. The lowest BCUT2D eigenvalue weighted by atomic mass is 9.88. The minimum atomic E-state index is -1.44. The molecule has 3 heterocycles. The molecule has 5 nitrogen and oxygen atoms in total. The van der Waals surface area contributed by atoms with Crippen molar-refractivity contribution in [3.05, 3.63) is 46.8 Å². The second-order valence-corrected chi connectivity index (χ2v) is 8.41. The summed E-state index contributed by atoms with van der Waals surface area (Å²) in [5.41, 5.74) is 1.92. The standard InChI is InChI=1S/C22H28F3N5/c1-13(2)27-21-22(29-18-5-8-26-12-19(18)28-21)30-9-6-14(7-10-30)20(25)16-4-3-15(23)11-17(16)24/h3-4,11,13-14,20,26H,5-10,12H2,1-2H3,(H,27,28). The van der Waals surface area contributed by atoms with Crippen LogP contribution in [0.25, 0.3) is 0 Å². The Kier molecular flexibility index (Phi) is 6.13. The molecule has 0 saturated carbocycles. The van der Waals surface area contributed by atoms with Crippen LogP contribution in [0.3, 0.4) is 0 Å². The summed E-state index contributed by atoms with van der Waals surface area (Å²) < 4.78 is 42.1. The quantitative estimate of drug-likeness (QED) is 0.763. The minimum Gasteiger partial charge on any atom is -0.365 e. The molecule has 2 aliphatic rings. The molecule has 1 atom stereocenters. The average molecular weight is 419 g/mol. The van der Waals surface area contributed by atoms with Crippen molar-refractivity contribution in [3.8, 4) is 0 Å². The highest BCUT2D eigenvalue weighted by Gasteiger charge is 2.31. The van der Waals surface area contributed by atoms with Gasteiger partial charge >= 0.3 is 0 Å². The van der Waals surface area contributed by atoms with Gasteiger partial charge in [-0.2, -0.15) is 0 Å². The molecule has 2 aromatic rings. The highest BCUT2D eigenvalue weighted by Crippen LogP contribution is 2.37. The molecule has 0 amide bonds. The number of rotatable bonds is 5. The number of halogens is 3. The Morgan fingerprint density at radius 3 is 2.60 bits per heavy atom. The average Bonchev–Trinajstić information content (AvgIpc) is 2.72. The van der Waals surface area contributed by atoms with Gasteiger partial charge in [0.25, 0.3) is 0 Å². The van der Waals surface area contributed by atoms with Crippen LogP contribution in [0.15, 0.2) is 18.2 Å². The number of alkyl halides is 1. The summed E-state index contributed by atoms with van der Waals surface area (Å²) in [5, 5.41) is 6.71. The van der Waals surface area contributed by atoms with Crippen LogP contribution in [-0.4, -0.2) is 35.6 Å². The number of nitrogens with one attached hydrogen (secondary N) is 2. The molecule has 4 rings (SSSR count). The number of piperidine rings is 1. The second kappa shape index (κ2) is 8.79. The van der Waals surface area contributed by atoms with Gasteiger partial charge in [-0.25, -0.2) is 23.1 Å². The molecule has 1 fully saturated rings. The van der Waals surface area contributed by atoms with Crippen molar-refractivity contribution in [2.24, 2.45) is 5.92 Å². The Labute approximate surface area is 175 Å². The monoisotopic (exact) mass is 419 g/mol. The van der Waals surface area contributed by atoms with E-state index in [1.54, 1.807) is 0 Å². The van der Waals surface area contributed by atoms with Crippen LogP contribution >= 0.6 is 0 Å². The Balaban J connectivity index is 1.50. The van der Waals surface area contributed by atoms with E-state index in [4.69, 9.17) is 9.97 Å². The normalized spacial score (nSPS) is 18.4. The van der Waals surface area contributed by atoms with Gasteiger partial charge in [0, 0.05) is 50.3 Å². The lowest BCUT2D eigenvalue weighted by Crippen LogP contribution is -2.37. The van der Waals surface area contributed by atoms with Crippen LogP contribution in [0.4, 0.5) is 24.8 Å². The lowest BCUT2D eigenvalue weighted by Gasteiger charge is -2.35. The number of hydrogen-bond donors (Lipinski definition) is 2. The molecule has 1 aromatic carbocycles. The first-order valence-electron chi connectivity index (χ1n) is 10.6. The molecule has 2 aliphatic heterocycles.